The zero-order valence-corrected chi connectivity index (χ0v) is 16.8. The van der Waals surface area contributed by atoms with Crippen LogP contribution in [0.3, 0.4) is 0 Å². The number of carboxylic acids is 1. The Kier molecular flexibility index (Phi) is 13.4. The molecule has 0 saturated heterocycles. The van der Waals surface area contributed by atoms with Crippen molar-refractivity contribution in [3.63, 3.8) is 0 Å². The Bertz CT molecular complexity index is 502. The molecule has 0 fully saturated rings. The van der Waals surface area contributed by atoms with E-state index >= 15 is 0 Å². The molecule has 0 aromatic carbocycles. The number of hydrogen-bond donors (Lipinski definition) is 2. The minimum absolute atomic E-state index is 0.448. The molecule has 0 spiro atoms. The fourth-order valence-electron chi connectivity index (χ4n) is 2.73. The zero-order chi connectivity index (χ0) is 20.0. The molecule has 0 saturated carbocycles. The third-order valence-electron chi connectivity index (χ3n) is 4.27. The van der Waals surface area contributed by atoms with Gasteiger partial charge in [-0.1, -0.05) is 65.2 Å². The van der Waals surface area contributed by atoms with E-state index in [0.29, 0.717) is 12.8 Å². The van der Waals surface area contributed by atoms with Crippen molar-refractivity contribution >= 4 is 22.1 Å². The standard InChI is InChI=1S/C18H34O7S/c1-3-5-7-8-9-10-11-13-15(12-6-4-2)25-18(21)16(14-17(19)20)26(22,23)24/h15-16H,3-14H2,1-2H3,(H,19,20)(H,22,23,24). The molecule has 0 aromatic rings. The molecule has 0 heterocycles. The molecular formula is C18H34O7S. The first-order valence-electron chi connectivity index (χ1n) is 9.60. The number of rotatable bonds is 16. The van der Waals surface area contributed by atoms with Gasteiger partial charge in [-0.25, -0.2) is 0 Å². The van der Waals surface area contributed by atoms with Crippen molar-refractivity contribution in [3.8, 4) is 0 Å². The van der Waals surface area contributed by atoms with Crippen LogP contribution < -0.4 is 0 Å². The smallest absolute Gasteiger partial charge is 0.327 e. The summed E-state index contributed by atoms with van der Waals surface area (Å²) in [5.74, 6) is -2.67. The second-order valence-corrected chi connectivity index (χ2v) is 8.31. The number of carboxylic acid groups (broad SMARTS) is 1. The van der Waals surface area contributed by atoms with Gasteiger partial charge in [0.05, 0.1) is 6.42 Å². The molecule has 0 aromatic heterocycles. The third-order valence-corrected chi connectivity index (χ3v) is 5.35. The fourth-order valence-corrected chi connectivity index (χ4v) is 3.38. The first kappa shape index (κ1) is 24.8. The van der Waals surface area contributed by atoms with E-state index in [0.717, 1.165) is 32.1 Å². The minimum atomic E-state index is -4.82. The summed E-state index contributed by atoms with van der Waals surface area (Å²) in [4.78, 5) is 22.8. The molecule has 0 rings (SSSR count). The predicted molar refractivity (Wildman–Crippen MR) is 99.6 cm³/mol. The number of hydrogen-bond acceptors (Lipinski definition) is 5. The lowest BCUT2D eigenvalue weighted by atomic mass is 10.0. The number of carbonyl (C=O) groups is 2. The Hall–Kier alpha value is -1.15. The Balaban J connectivity index is 4.56. The minimum Gasteiger partial charge on any atom is -0.481 e. The molecule has 0 aliphatic rings. The Morgan fingerprint density at radius 3 is 1.88 bits per heavy atom. The third kappa shape index (κ3) is 12.2. The van der Waals surface area contributed by atoms with E-state index in [9.17, 15) is 18.0 Å². The van der Waals surface area contributed by atoms with Crippen molar-refractivity contribution in [3.05, 3.63) is 0 Å². The van der Waals surface area contributed by atoms with E-state index in [1.807, 2.05) is 6.92 Å². The van der Waals surface area contributed by atoms with Gasteiger partial charge in [0.2, 0.25) is 0 Å². The molecule has 0 bridgehead atoms. The van der Waals surface area contributed by atoms with Crippen LogP contribution in [0.1, 0.15) is 90.9 Å². The predicted octanol–water partition coefficient (Wildman–Crippen LogP) is 3.96. The molecule has 26 heavy (non-hydrogen) atoms. The summed E-state index contributed by atoms with van der Waals surface area (Å²) in [5, 5.41) is 6.68. The molecule has 154 valence electrons. The SMILES string of the molecule is CCCCCCCCCC(CCCC)OC(=O)C(CC(=O)O)S(=O)(=O)O. The van der Waals surface area contributed by atoms with Crippen LogP contribution >= 0.6 is 0 Å². The average molecular weight is 395 g/mol. The van der Waals surface area contributed by atoms with Gasteiger partial charge < -0.3 is 9.84 Å². The average Bonchev–Trinajstić information content (AvgIpc) is 2.55. The van der Waals surface area contributed by atoms with Gasteiger partial charge in [-0.05, 0) is 19.3 Å². The maximum atomic E-state index is 12.1. The highest BCUT2D eigenvalue weighted by atomic mass is 32.2. The van der Waals surface area contributed by atoms with Crippen LogP contribution in [0.2, 0.25) is 0 Å². The molecule has 8 heteroatoms. The van der Waals surface area contributed by atoms with Crippen molar-refractivity contribution in [2.45, 2.75) is 102 Å². The van der Waals surface area contributed by atoms with Crippen LogP contribution in [-0.4, -0.2) is 41.4 Å². The van der Waals surface area contributed by atoms with Crippen LogP contribution in [0.5, 0.6) is 0 Å². The van der Waals surface area contributed by atoms with Crippen molar-refractivity contribution in [1.29, 1.82) is 0 Å². The van der Waals surface area contributed by atoms with Gasteiger partial charge in [-0.2, -0.15) is 8.42 Å². The van der Waals surface area contributed by atoms with E-state index < -0.39 is 39.8 Å². The molecular weight excluding hydrogens is 360 g/mol. The van der Waals surface area contributed by atoms with E-state index in [1.54, 1.807) is 0 Å². The van der Waals surface area contributed by atoms with Crippen LogP contribution in [0.25, 0.3) is 0 Å². The monoisotopic (exact) mass is 394 g/mol. The van der Waals surface area contributed by atoms with Crippen molar-refractivity contribution in [1.82, 2.24) is 0 Å². The van der Waals surface area contributed by atoms with Gasteiger partial charge in [0.25, 0.3) is 10.1 Å². The van der Waals surface area contributed by atoms with Crippen molar-refractivity contribution in [2.24, 2.45) is 0 Å². The highest BCUT2D eigenvalue weighted by Crippen LogP contribution is 2.18. The Morgan fingerprint density at radius 1 is 0.885 bits per heavy atom. The molecule has 2 atom stereocenters. The van der Waals surface area contributed by atoms with Crippen LogP contribution in [0, 0.1) is 0 Å². The fraction of sp³-hybridized carbons (Fsp3) is 0.889. The summed E-state index contributed by atoms with van der Waals surface area (Å²) in [7, 11) is -4.82. The first-order valence-corrected chi connectivity index (χ1v) is 11.1. The summed E-state index contributed by atoms with van der Waals surface area (Å²) < 4.78 is 36.9. The Labute approximate surface area is 157 Å². The molecule has 2 N–H and O–H groups in total. The van der Waals surface area contributed by atoms with Gasteiger partial charge in [0.15, 0.2) is 5.25 Å². The van der Waals surface area contributed by atoms with Gasteiger partial charge in [0.1, 0.15) is 6.10 Å². The van der Waals surface area contributed by atoms with E-state index in [4.69, 9.17) is 14.4 Å². The van der Waals surface area contributed by atoms with Crippen LogP contribution in [-0.2, 0) is 24.4 Å². The number of unbranched alkanes of at least 4 members (excludes halogenated alkanes) is 7. The molecule has 7 nitrogen and oxygen atoms in total. The second-order valence-electron chi connectivity index (χ2n) is 6.71. The van der Waals surface area contributed by atoms with E-state index in [-0.39, 0.29) is 0 Å². The number of esters is 1. The lowest BCUT2D eigenvalue weighted by Crippen LogP contribution is -2.36. The number of aliphatic carboxylic acids is 1. The highest BCUT2D eigenvalue weighted by Gasteiger charge is 2.36. The van der Waals surface area contributed by atoms with Gasteiger partial charge in [-0.3, -0.25) is 14.1 Å². The maximum absolute atomic E-state index is 12.1. The topological polar surface area (TPSA) is 118 Å². The van der Waals surface area contributed by atoms with E-state index in [2.05, 4.69) is 6.92 Å². The summed E-state index contributed by atoms with van der Waals surface area (Å²) in [6.45, 7) is 4.16. The van der Waals surface area contributed by atoms with E-state index in [1.165, 1.54) is 25.7 Å². The number of carbonyl (C=O) groups excluding carboxylic acids is 1. The van der Waals surface area contributed by atoms with Gasteiger partial charge >= 0.3 is 11.9 Å². The lowest BCUT2D eigenvalue weighted by molar-refractivity contribution is -0.152. The van der Waals surface area contributed by atoms with Crippen LogP contribution in [0.4, 0.5) is 0 Å². The molecule has 0 amide bonds. The quantitative estimate of drug-likeness (QED) is 0.231. The Morgan fingerprint density at radius 2 is 1.38 bits per heavy atom. The second kappa shape index (κ2) is 14.0. The normalized spacial score (nSPS) is 14.0. The van der Waals surface area contributed by atoms with Crippen molar-refractivity contribution in [2.75, 3.05) is 0 Å². The summed E-state index contributed by atoms with van der Waals surface area (Å²) in [5.41, 5.74) is 0. The summed E-state index contributed by atoms with van der Waals surface area (Å²) in [6.07, 6.45) is 9.31. The lowest BCUT2D eigenvalue weighted by Gasteiger charge is -2.20. The van der Waals surface area contributed by atoms with Gasteiger partial charge in [-0.15, -0.1) is 0 Å². The number of ether oxygens (including phenoxy) is 1. The summed E-state index contributed by atoms with van der Waals surface area (Å²) in [6, 6.07) is 0. The van der Waals surface area contributed by atoms with Crippen LogP contribution in [0.15, 0.2) is 0 Å². The first-order chi connectivity index (χ1) is 12.2. The molecule has 2 unspecified atom stereocenters. The molecule has 0 aliphatic carbocycles. The molecule has 0 radical (unpaired) electrons. The zero-order valence-electron chi connectivity index (χ0n) is 16.0. The van der Waals surface area contributed by atoms with Crippen molar-refractivity contribution < 1.29 is 32.4 Å². The largest absolute Gasteiger partial charge is 0.481 e. The van der Waals surface area contributed by atoms with Gasteiger partial charge in [0, 0.05) is 0 Å². The maximum Gasteiger partial charge on any atom is 0.327 e. The highest BCUT2D eigenvalue weighted by molar-refractivity contribution is 7.87. The summed E-state index contributed by atoms with van der Waals surface area (Å²) >= 11 is 0. The molecule has 0 aliphatic heterocycles.